The molecule has 8 heteroatoms. The van der Waals surface area contributed by atoms with Crippen molar-refractivity contribution >= 4 is 23.1 Å². The molecule has 1 atom stereocenters. The lowest BCUT2D eigenvalue weighted by molar-refractivity contribution is -0.117. The van der Waals surface area contributed by atoms with Crippen LogP contribution >= 0.6 is 0 Å². The molecule has 3 aromatic rings. The Morgan fingerprint density at radius 3 is 2.75 bits per heavy atom. The summed E-state index contributed by atoms with van der Waals surface area (Å²) in [7, 11) is 0. The van der Waals surface area contributed by atoms with Gasteiger partial charge in [-0.05, 0) is 42.5 Å². The molecule has 32 heavy (non-hydrogen) atoms. The van der Waals surface area contributed by atoms with Gasteiger partial charge in [-0.15, -0.1) is 0 Å². The summed E-state index contributed by atoms with van der Waals surface area (Å²) in [6, 6.07) is 11.9. The van der Waals surface area contributed by atoms with Crippen LogP contribution in [-0.4, -0.2) is 56.9 Å². The lowest BCUT2D eigenvalue weighted by Gasteiger charge is -2.30. The van der Waals surface area contributed by atoms with Crippen LogP contribution in [0.25, 0.3) is 5.65 Å². The number of fused-ring (bicyclic) bond motifs is 2. The number of imidazole rings is 1. The molecule has 1 aliphatic heterocycles. The van der Waals surface area contributed by atoms with Gasteiger partial charge in [-0.3, -0.25) is 14.5 Å². The minimum atomic E-state index is -0.662. The fourth-order valence-corrected chi connectivity index (χ4v) is 4.14. The second kappa shape index (κ2) is 8.72. The summed E-state index contributed by atoms with van der Waals surface area (Å²) < 4.78 is 1.72. The number of amides is 2. The van der Waals surface area contributed by atoms with Crippen molar-refractivity contribution in [1.82, 2.24) is 19.6 Å². The minimum absolute atomic E-state index is 0.0358. The molecule has 2 aliphatic rings. The zero-order valence-corrected chi connectivity index (χ0v) is 17.8. The molecule has 1 fully saturated rings. The number of aliphatic hydroxyl groups excluding tert-OH is 1. The van der Waals surface area contributed by atoms with E-state index in [9.17, 15) is 14.7 Å². The first-order valence-corrected chi connectivity index (χ1v) is 11.1. The maximum atomic E-state index is 12.6. The van der Waals surface area contributed by atoms with Gasteiger partial charge in [-0.1, -0.05) is 24.3 Å². The van der Waals surface area contributed by atoms with Gasteiger partial charge in [0.1, 0.15) is 11.3 Å². The Morgan fingerprint density at radius 2 is 1.94 bits per heavy atom. The highest BCUT2D eigenvalue weighted by Crippen LogP contribution is 2.30. The van der Waals surface area contributed by atoms with Crippen LogP contribution in [0.2, 0.25) is 0 Å². The van der Waals surface area contributed by atoms with E-state index in [-0.39, 0.29) is 30.0 Å². The average Bonchev–Trinajstić information content (AvgIpc) is 3.56. The van der Waals surface area contributed by atoms with Crippen molar-refractivity contribution in [3.05, 3.63) is 65.6 Å². The summed E-state index contributed by atoms with van der Waals surface area (Å²) in [5, 5.41) is 16.1. The number of anilines is 1. The SMILES string of the molecule is O=C(NCC(O)CN1CCc2ccccc2C1)c1cn2cc(NC(=O)C3CC3)ccc2n1. The molecule has 1 saturated carbocycles. The summed E-state index contributed by atoms with van der Waals surface area (Å²) in [6.45, 7) is 2.37. The quantitative estimate of drug-likeness (QED) is 0.528. The van der Waals surface area contributed by atoms with Gasteiger partial charge in [0, 0.05) is 44.5 Å². The van der Waals surface area contributed by atoms with Crippen molar-refractivity contribution in [2.24, 2.45) is 5.92 Å². The Kier molecular flexibility index (Phi) is 5.63. The molecule has 8 nitrogen and oxygen atoms in total. The molecule has 2 aromatic heterocycles. The fourth-order valence-electron chi connectivity index (χ4n) is 4.14. The van der Waals surface area contributed by atoms with Crippen molar-refractivity contribution < 1.29 is 14.7 Å². The van der Waals surface area contributed by atoms with E-state index >= 15 is 0 Å². The maximum Gasteiger partial charge on any atom is 0.271 e. The molecule has 2 amide bonds. The molecule has 0 spiro atoms. The number of nitrogens with zero attached hydrogens (tertiary/aromatic N) is 3. The summed E-state index contributed by atoms with van der Waals surface area (Å²) in [5.41, 5.74) is 4.24. The summed E-state index contributed by atoms with van der Waals surface area (Å²) in [5.74, 6) is -0.171. The average molecular weight is 434 g/mol. The molecule has 3 N–H and O–H groups in total. The Morgan fingerprint density at radius 1 is 1.12 bits per heavy atom. The number of hydrogen-bond donors (Lipinski definition) is 3. The highest BCUT2D eigenvalue weighted by atomic mass is 16.3. The molecule has 0 radical (unpaired) electrons. The highest BCUT2D eigenvalue weighted by molar-refractivity contribution is 5.94. The Bertz CT molecular complexity index is 1150. The van der Waals surface area contributed by atoms with Crippen molar-refractivity contribution in [2.75, 3.05) is 25.0 Å². The van der Waals surface area contributed by atoms with Crippen LogP contribution in [0.4, 0.5) is 5.69 Å². The fraction of sp³-hybridized carbons (Fsp3) is 0.375. The van der Waals surface area contributed by atoms with E-state index in [0.717, 1.165) is 32.4 Å². The Hall–Kier alpha value is -3.23. The van der Waals surface area contributed by atoms with Crippen LogP contribution in [0.1, 0.15) is 34.5 Å². The van der Waals surface area contributed by atoms with E-state index < -0.39 is 6.10 Å². The predicted molar refractivity (Wildman–Crippen MR) is 120 cm³/mol. The van der Waals surface area contributed by atoms with E-state index in [1.54, 1.807) is 28.9 Å². The molecule has 5 rings (SSSR count). The molecule has 0 bridgehead atoms. The Balaban J connectivity index is 1.14. The van der Waals surface area contributed by atoms with Gasteiger partial charge in [0.2, 0.25) is 5.91 Å². The van der Waals surface area contributed by atoms with Crippen molar-refractivity contribution in [1.29, 1.82) is 0 Å². The smallest absolute Gasteiger partial charge is 0.271 e. The summed E-state index contributed by atoms with van der Waals surface area (Å²) in [4.78, 5) is 31.1. The molecule has 1 aromatic carbocycles. The topological polar surface area (TPSA) is 99.0 Å². The number of aromatic nitrogens is 2. The van der Waals surface area contributed by atoms with E-state index in [2.05, 4.69) is 38.7 Å². The van der Waals surface area contributed by atoms with Crippen LogP contribution in [-0.2, 0) is 17.8 Å². The lowest BCUT2D eigenvalue weighted by Crippen LogP contribution is -2.42. The number of hydrogen-bond acceptors (Lipinski definition) is 5. The van der Waals surface area contributed by atoms with Gasteiger partial charge in [0.05, 0.1) is 11.8 Å². The number of pyridine rings is 1. The molecular formula is C24H27N5O3. The molecular weight excluding hydrogens is 406 g/mol. The summed E-state index contributed by atoms with van der Waals surface area (Å²) >= 11 is 0. The van der Waals surface area contributed by atoms with Crippen LogP contribution in [0.5, 0.6) is 0 Å². The molecule has 1 aliphatic carbocycles. The van der Waals surface area contributed by atoms with Crippen LogP contribution in [0.3, 0.4) is 0 Å². The van der Waals surface area contributed by atoms with Gasteiger partial charge in [-0.2, -0.15) is 0 Å². The third kappa shape index (κ3) is 4.66. The highest BCUT2D eigenvalue weighted by Gasteiger charge is 2.29. The number of β-amino-alcohol motifs (C(OH)–C–C–N with tert-alkyl or cyclic N) is 1. The van der Waals surface area contributed by atoms with Gasteiger partial charge < -0.3 is 20.1 Å². The molecule has 1 unspecified atom stereocenters. The number of aliphatic hydroxyl groups is 1. The molecule has 0 saturated heterocycles. The number of nitrogens with one attached hydrogen (secondary N) is 2. The summed E-state index contributed by atoms with van der Waals surface area (Å²) in [6.07, 6.45) is 5.58. The van der Waals surface area contributed by atoms with Crippen LogP contribution < -0.4 is 10.6 Å². The van der Waals surface area contributed by atoms with E-state index in [4.69, 9.17) is 0 Å². The van der Waals surface area contributed by atoms with Gasteiger partial charge in [0.15, 0.2) is 0 Å². The monoisotopic (exact) mass is 433 g/mol. The van der Waals surface area contributed by atoms with E-state index in [1.807, 2.05) is 6.07 Å². The van der Waals surface area contributed by atoms with Crippen LogP contribution in [0.15, 0.2) is 48.8 Å². The molecule has 3 heterocycles. The zero-order chi connectivity index (χ0) is 22.1. The first-order chi connectivity index (χ1) is 15.5. The number of rotatable bonds is 7. The third-order valence-electron chi connectivity index (χ3n) is 6.08. The van der Waals surface area contributed by atoms with E-state index in [1.165, 1.54) is 11.1 Å². The van der Waals surface area contributed by atoms with Crippen molar-refractivity contribution in [2.45, 2.75) is 31.9 Å². The Labute approximate surface area is 186 Å². The third-order valence-corrected chi connectivity index (χ3v) is 6.08. The molecule has 166 valence electrons. The minimum Gasteiger partial charge on any atom is -0.390 e. The lowest BCUT2D eigenvalue weighted by atomic mass is 10.00. The van der Waals surface area contributed by atoms with Crippen molar-refractivity contribution in [3.63, 3.8) is 0 Å². The second-order valence-corrected chi connectivity index (χ2v) is 8.69. The number of benzene rings is 1. The maximum absolute atomic E-state index is 12.6. The first-order valence-electron chi connectivity index (χ1n) is 11.1. The standard InChI is InChI=1S/C24H27N5O3/c30-20(14-28-10-9-16-3-1-2-4-18(16)12-28)11-25-24(32)21-15-29-13-19(7-8-22(29)27-21)26-23(31)17-5-6-17/h1-4,7-8,13,15,17,20,30H,5-6,9-12,14H2,(H,25,32)(H,26,31). The normalized spacial score (nSPS) is 17.0. The van der Waals surface area contributed by atoms with Crippen molar-refractivity contribution in [3.8, 4) is 0 Å². The van der Waals surface area contributed by atoms with E-state index in [0.29, 0.717) is 17.9 Å². The second-order valence-electron chi connectivity index (χ2n) is 8.69. The zero-order valence-electron chi connectivity index (χ0n) is 17.8. The number of carbonyl (C=O) groups is 2. The van der Waals surface area contributed by atoms with Gasteiger partial charge in [-0.25, -0.2) is 4.98 Å². The first kappa shape index (κ1) is 20.7. The number of carbonyl (C=O) groups excluding carboxylic acids is 2. The van der Waals surface area contributed by atoms with Gasteiger partial charge in [0.25, 0.3) is 5.91 Å². The van der Waals surface area contributed by atoms with Crippen LogP contribution in [0, 0.1) is 5.92 Å². The van der Waals surface area contributed by atoms with Gasteiger partial charge >= 0.3 is 0 Å². The largest absolute Gasteiger partial charge is 0.390 e. The predicted octanol–water partition coefficient (Wildman–Crippen LogP) is 1.83.